The smallest absolute Gasteiger partial charge is 0.335 e. The van der Waals surface area contributed by atoms with Gasteiger partial charge >= 0.3 is 5.97 Å². The second-order valence-electron chi connectivity index (χ2n) is 6.84. The van der Waals surface area contributed by atoms with Gasteiger partial charge < -0.3 is 9.84 Å². The summed E-state index contributed by atoms with van der Waals surface area (Å²) in [5.41, 5.74) is 4.26. The van der Waals surface area contributed by atoms with Crippen molar-refractivity contribution in [2.75, 3.05) is 0 Å². The molecule has 0 saturated heterocycles. The zero-order valence-corrected chi connectivity index (χ0v) is 18.7. The van der Waals surface area contributed by atoms with Gasteiger partial charge in [0.1, 0.15) is 12.4 Å². The van der Waals surface area contributed by atoms with Crippen LogP contribution in [0.2, 0.25) is 0 Å². The quantitative estimate of drug-likeness (QED) is 0.249. The van der Waals surface area contributed by atoms with E-state index in [1.807, 2.05) is 0 Å². The fourth-order valence-electron chi connectivity index (χ4n) is 2.85. The first-order chi connectivity index (χ1) is 15.8. The molecule has 168 valence electrons. The Balaban J connectivity index is 1.54. The number of ether oxygens (including phenoxy) is 1. The minimum atomic E-state index is -0.986. The molecule has 0 unspecified atom stereocenters. The average Bonchev–Trinajstić information content (AvgIpc) is 2.79. The molecule has 0 bridgehead atoms. The molecular formula is C23H18BrN3O6. The van der Waals surface area contributed by atoms with Gasteiger partial charge in [0.2, 0.25) is 5.91 Å². The van der Waals surface area contributed by atoms with Crippen molar-refractivity contribution in [3.05, 3.63) is 104 Å². The largest absolute Gasteiger partial charge is 0.488 e. The van der Waals surface area contributed by atoms with E-state index in [1.165, 1.54) is 36.5 Å². The molecule has 1 amide bonds. The highest BCUT2D eigenvalue weighted by Gasteiger charge is 2.15. The Morgan fingerprint density at radius 1 is 1.12 bits per heavy atom. The number of nitrogens with one attached hydrogen (secondary N) is 1. The first-order valence-corrected chi connectivity index (χ1v) is 10.4. The van der Waals surface area contributed by atoms with Crippen LogP contribution in [-0.4, -0.2) is 28.1 Å². The highest BCUT2D eigenvalue weighted by molar-refractivity contribution is 9.10. The number of carbonyl (C=O) groups excluding carboxylic acids is 1. The van der Waals surface area contributed by atoms with E-state index in [4.69, 9.17) is 9.84 Å². The first kappa shape index (κ1) is 23.6. The Bertz CT molecular complexity index is 1210. The summed E-state index contributed by atoms with van der Waals surface area (Å²) in [6.45, 7) is 0.258. The molecule has 3 aromatic carbocycles. The number of carbonyl (C=O) groups is 2. The molecular weight excluding hydrogens is 494 g/mol. The van der Waals surface area contributed by atoms with Crippen molar-refractivity contribution in [3.8, 4) is 5.75 Å². The van der Waals surface area contributed by atoms with Crippen LogP contribution >= 0.6 is 15.9 Å². The maximum absolute atomic E-state index is 12.1. The van der Waals surface area contributed by atoms with Crippen LogP contribution in [0.1, 0.15) is 27.0 Å². The van der Waals surface area contributed by atoms with E-state index in [1.54, 1.807) is 36.4 Å². The van der Waals surface area contributed by atoms with Crippen molar-refractivity contribution in [2.24, 2.45) is 5.10 Å². The normalized spacial score (nSPS) is 10.7. The number of para-hydroxylation sites is 1. The van der Waals surface area contributed by atoms with E-state index in [0.717, 1.165) is 5.56 Å². The molecule has 10 heteroatoms. The van der Waals surface area contributed by atoms with E-state index < -0.39 is 16.8 Å². The minimum Gasteiger partial charge on any atom is -0.488 e. The number of nitro groups is 1. The Labute approximate surface area is 197 Å². The molecule has 0 aliphatic carbocycles. The first-order valence-electron chi connectivity index (χ1n) is 9.62. The molecule has 3 aromatic rings. The lowest BCUT2D eigenvalue weighted by Crippen LogP contribution is -2.20. The number of amides is 1. The van der Waals surface area contributed by atoms with Crippen LogP contribution in [0.25, 0.3) is 0 Å². The topological polar surface area (TPSA) is 131 Å². The maximum atomic E-state index is 12.1. The molecule has 0 aromatic heterocycles. The van der Waals surface area contributed by atoms with Gasteiger partial charge in [0.05, 0.1) is 27.6 Å². The molecule has 3 rings (SSSR count). The van der Waals surface area contributed by atoms with Crippen LogP contribution in [0.15, 0.2) is 76.3 Å². The fourth-order valence-corrected chi connectivity index (χ4v) is 3.36. The summed E-state index contributed by atoms with van der Waals surface area (Å²) in [4.78, 5) is 33.5. The number of hydrogen-bond donors (Lipinski definition) is 2. The predicted octanol–water partition coefficient (Wildman–Crippen LogP) is 4.33. The van der Waals surface area contributed by atoms with Crippen LogP contribution in [0, 0.1) is 10.1 Å². The standard InChI is InChI=1S/C23H18BrN3O6/c24-19-11-16(7-10-21(19)33-14-15-5-8-17(9-6-15)23(29)30)13-25-26-22(28)12-18-3-1-2-4-20(18)27(31)32/h1-11,13H,12,14H2,(H,26,28)(H,29,30)/b25-13+. The van der Waals surface area contributed by atoms with Gasteiger partial charge in [-0.05, 0) is 57.4 Å². The lowest BCUT2D eigenvalue weighted by atomic mass is 10.1. The third kappa shape index (κ3) is 6.71. The Morgan fingerprint density at radius 3 is 2.52 bits per heavy atom. The maximum Gasteiger partial charge on any atom is 0.335 e. The fraction of sp³-hybridized carbons (Fsp3) is 0.0870. The highest BCUT2D eigenvalue weighted by atomic mass is 79.9. The van der Waals surface area contributed by atoms with E-state index in [2.05, 4.69) is 26.5 Å². The van der Waals surface area contributed by atoms with E-state index in [9.17, 15) is 19.7 Å². The average molecular weight is 512 g/mol. The van der Waals surface area contributed by atoms with Gasteiger partial charge in [0.25, 0.3) is 5.69 Å². The van der Waals surface area contributed by atoms with Crippen LogP contribution in [0.5, 0.6) is 5.75 Å². The van der Waals surface area contributed by atoms with Crippen LogP contribution < -0.4 is 10.2 Å². The number of nitrogens with zero attached hydrogens (tertiary/aromatic N) is 2. The molecule has 0 radical (unpaired) electrons. The summed E-state index contributed by atoms with van der Waals surface area (Å²) in [7, 11) is 0. The molecule has 33 heavy (non-hydrogen) atoms. The SMILES string of the molecule is O=C(Cc1ccccc1[N+](=O)[O-])N/N=C/c1ccc(OCc2ccc(C(=O)O)cc2)c(Br)c1. The monoisotopic (exact) mass is 511 g/mol. The Hall–Kier alpha value is -4.05. The van der Waals surface area contributed by atoms with Gasteiger partial charge in [-0.2, -0.15) is 5.10 Å². The summed E-state index contributed by atoms with van der Waals surface area (Å²) in [6, 6.07) is 17.7. The third-order valence-corrected chi connectivity index (χ3v) is 5.11. The van der Waals surface area contributed by atoms with Gasteiger partial charge in [0.15, 0.2) is 0 Å². The van der Waals surface area contributed by atoms with Gasteiger partial charge in [-0.15, -0.1) is 0 Å². The second kappa shape index (κ2) is 11.0. The van der Waals surface area contributed by atoms with Crippen molar-refractivity contribution in [1.29, 1.82) is 0 Å². The molecule has 0 atom stereocenters. The number of nitro benzene ring substituents is 1. The lowest BCUT2D eigenvalue weighted by molar-refractivity contribution is -0.385. The van der Waals surface area contributed by atoms with E-state index in [-0.39, 0.29) is 24.3 Å². The number of benzene rings is 3. The molecule has 0 spiro atoms. The summed E-state index contributed by atoms with van der Waals surface area (Å²) in [6.07, 6.45) is 1.27. The second-order valence-corrected chi connectivity index (χ2v) is 7.69. The van der Waals surface area contributed by atoms with Crippen molar-refractivity contribution >= 4 is 39.7 Å². The van der Waals surface area contributed by atoms with Gasteiger partial charge in [-0.3, -0.25) is 14.9 Å². The number of carboxylic acids is 1. The van der Waals surface area contributed by atoms with Crippen LogP contribution in [0.3, 0.4) is 0 Å². The molecule has 0 saturated carbocycles. The Morgan fingerprint density at radius 2 is 1.85 bits per heavy atom. The molecule has 2 N–H and O–H groups in total. The summed E-state index contributed by atoms with van der Waals surface area (Å²) in [5.74, 6) is -0.886. The minimum absolute atomic E-state index is 0.117. The number of halogens is 1. The number of hydrazone groups is 1. The van der Waals surface area contributed by atoms with Crippen LogP contribution in [0.4, 0.5) is 5.69 Å². The number of rotatable bonds is 9. The van der Waals surface area contributed by atoms with Crippen molar-refractivity contribution in [3.63, 3.8) is 0 Å². The number of carboxylic acid groups (broad SMARTS) is 1. The predicted molar refractivity (Wildman–Crippen MR) is 124 cm³/mol. The summed E-state index contributed by atoms with van der Waals surface area (Å²) in [5, 5.41) is 23.9. The summed E-state index contributed by atoms with van der Waals surface area (Å²) < 4.78 is 6.42. The van der Waals surface area contributed by atoms with Crippen molar-refractivity contribution in [2.45, 2.75) is 13.0 Å². The van der Waals surface area contributed by atoms with E-state index in [0.29, 0.717) is 21.3 Å². The van der Waals surface area contributed by atoms with Gasteiger partial charge in [-0.1, -0.05) is 30.3 Å². The molecule has 0 aliphatic rings. The molecule has 9 nitrogen and oxygen atoms in total. The molecule has 0 heterocycles. The van der Waals surface area contributed by atoms with Crippen molar-refractivity contribution < 1.29 is 24.4 Å². The third-order valence-electron chi connectivity index (χ3n) is 4.49. The molecule has 0 fully saturated rings. The Kier molecular flexibility index (Phi) is 7.87. The number of aromatic carboxylic acids is 1. The van der Waals surface area contributed by atoms with Gasteiger partial charge in [0, 0.05) is 11.6 Å². The van der Waals surface area contributed by atoms with Crippen LogP contribution in [-0.2, 0) is 17.8 Å². The summed E-state index contributed by atoms with van der Waals surface area (Å²) >= 11 is 3.42. The van der Waals surface area contributed by atoms with Gasteiger partial charge in [-0.25, -0.2) is 10.2 Å². The highest BCUT2D eigenvalue weighted by Crippen LogP contribution is 2.26. The number of hydrogen-bond acceptors (Lipinski definition) is 6. The zero-order valence-electron chi connectivity index (χ0n) is 17.1. The molecule has 0 aliphatic heterocycles. The van der Waals surface area contributed by atoms with E-state index >= 15 is 0 Å². The lowest BCUT2D eigenvalue weighted by Gasteiger charge is -2.09. The zero-order chi connectivity index (χ0) is 23.8. The van der Waals surface area contributed by atoms with Crippen molar-refractivity contribution in [1.82, 2.24) is 5.43 Å².